The van der Waals surface area contributed by atoms with Gasteiger partial charge in [0, 0.05) is 5.56 Å². The maximum absolute atomic E-state index is 13.3. The summed E-state index contributed by atoms with van der Waals surface area (Å²) in [5.41, 5.74) is -0.630. The molecular formula is C13H8F2N2O3. The van der Waals surface area contributed by atoms with E-state index < -0.39 is 29.5 Å². The molecule has 0 aromatic heterocycles. The van der Waals surface area contributed by atoms with Crippen molar-refractivity contribution in [1.82, 2.24) is 10.6 Å². The van der Waals surface area contributed by atoms with E-state index in [0.29, 0.717) is 0 Å². The van der Waals surface area contributed by atoms with Crippen LogP contribution in [0, 0.1) is 11.6 Å². The van der Waals surface area contributed by atoms with Crippen molar-refractivity contribution < 1.29 is 23.2 Å². The molecule has 0 unspecified atom stereocenters. The molecule has 0 spiro atoms. The first-order valence-corrected chi connectivity index (χ1v) is 5.48. The van der Waals surface area contributed by atoms with Crippen LogP contribution in [-0.2, 0) is 9.59 Å². The molecule has 1 saturated heterocycles. The highest BCUT2D eigenvalue weighted by atomic mass is 19.1. The molecule has 0 aliphatic carbocycles. The van der Waals surface area contributed by atoms with Crippen molar-refractivity contribution in [3.8, 4) is 0 Å². The SMILES string of the molecule is O=C1NC(=O)C(=C/C=C/c2c(F)cccc2F)C(=O)N1. The molecule has 1 heterocycles. The Labute approximate surface area is 112 Å². The van der Waals surface area contributed by atoms with Crippen LogP contribution in [0.4, 0.5) is 13.6 Å². The lowest BCUT2D eigenvalue weighted by molar-refractivity contribution is -0.124. The maximum Gasteiger partial charge on any atom is 0.328 e. The van der Waals surface area contributed by atoms with E-state index in [9.17, 15) is 23.2 Å². The number of barbiturate groups is 1. The fourth-order valence-corrected chi connectivity index (χ4v) is 1.54. The summed E-state index contributed by atoms with van der Waals surface area (Å²) in [6, 6.07) is 2.46. The van der Waals surface area contributed by atoms with Crippen molar-refractivity contribution in [3.05, 3.63) is 53.1 Å². The van der Waals surface area contributed by atoms with Gasteiger partial charge in [-0.25, -0.2) is 13.6 Å². The van der Waals surface area contributed by atoms with Crippen LogP contribution in [-0.4, -0.2) is 17.8 Å². The van der Waals surface area contributed by atoms with Crippen LogP contribution < -0.4 is 10.6 Å². The summed E-state index contributed by atoms with van der Waals surface area (Å²) in [6.45, 7) is 0. The number of carbonyl (C=O) groups excluding carboxylic acids is 3. The Kier molecular flexibility index (Phi) is 3.69. The van der Waals surface area contributed by atoms with Gasteiger partial charge >= 0.3 is 6.03 Å². The van der Waals surface area contributed by atoms with Gasteiger partial charge in [0.05, 0.1) is 0 Å². The lowest BCUT2D eigenvalue weighted by Crippen LogP contribution is -2.51. The molecule has 1 fully saturated rings. The van der Waals surface area contributed by atoms with E-state index in [0.717, 1.165) is 30.4 Å². The molecule has 4 amide bonds. The first-order chi connectivity index (χ1) is 9.49. The minimum absolute atomic E-state index is 0.294. The number of hydrogen-bond donors (Lipinski definition) is 2. The van der Waals surface area contributed by atoms with E-state index >= 15 is 0 Å². The Balaban J connectivity index is 2.24. The summed E-state index contributed by atoms with van der Waals surface area (Å²) in [6.07, 6.45) is 3.28. The Morgan fingerprint density at radius 3 is 2.05 bits per heavy atom. The second-order valence-corrected chi connectivity index (χ2v) is 3.81. The number of hydrogen-bond acceptors (Lipinski definition) is 3. The number of allylic oxidation sites excluding steroid dienone is 2. The topological polar surface area (TPSA) is 75.3 Å². The molecule has 1 aliphatic heterocycles. The van der Waals surface area contributed by atoms with E-state index in [4.69, 9.17) is 0 Å². The highest BCUT2D eigenvalue weighted by Crippen LogP contribution is 2.14. The largest absolute Gasteiger partial charge is 0.328 e. The quantitative estimate of drug-likeness (QED) is 0.632. The fourth-order valence-electron chi connectivity index (χ4n) is 1.54. The Morgan fingerprint density at radius 1 is 0.950 bits per heavy atom. The Bertz CT molecular complexity index is 623. The molecule has 2 N–H and O–H groups in total. The summed E-state index contributed by atoms with van der Waals surface area (Å²) < 4.78 is 26.6. The van der Waals surface area contributed by atoms with E-state index in [1.807, 2.05) is 10.6 Å². The molecule has 1 aromatic carbocycles. The summed E-state index contributed by atoms with van der Waals surface area (Å²) in [5, 5.41) is 3.74. The van der Waals surface area contributed by atoms with E-state index in [-0.39, 0.29) is 11.1 Å². The van der Waals surface area contributed by atoms with Gasteiger partial charge < -0.3 is 0 Å². The van der Waals surface area contributed by atoms with Crippen molar-refractivity contribution in [2.45, 2.75) is 0 Å². The molecule has 20 heavy (non-hydrogen) atoms. The predicted octanol–water partition coefficient (Wildman–Crippen LogP) is 1.27. The van der Waals surface area contributed by atoms with E-state index in [1.54, 1.807) is 0 Å². The third-order valence-corrected chi connectivity index (χ3v) is 2.47. The lowest BCUT2D eigenvalue weighted by atomic mass is 10.1. The number of nitrogens with one attached hydrogen (secondary N) is 2. The Hall–Kier alpha value is -2.83. The monoisotopic (exact) mass is 278 g/mol. The van der Waals surface area contributed by atoms with Crippen LogP contribution in [0.15, 0.2) is 35.9 Å². The van der Waals surface area contributed by atoms with Gasteiger partial charge in [0.2, 0.25) is 0 Å². The van der Waals surface area contributed by atoms with Crippen LogP contribution in [0.3, 0.4) is 0 Å². The zero-order valence-electron chi connectivity index (χ0n) is 9.94. The summed E-state index contributed by atoms with van der Waals surface area (Å²) in [7, 11) is 0. The Morgan fingerprint density at radius 2 is 1.50 bits per heavy atom. The van der Waals surface area contributed by atoms with Crippen LogP contribution in [0.25, 0.3) is 6.08 Å². The molecule has 1 aliphatic rings. The van der Waals surface area contributed by atoms with Gasteiger partial charge in [0.15, 0.2) is 0 Å². The first kappa shape index (κ1) is 13.6. The van der Waals surface area contributed by atoms with Gasteiger partial charge in [-0.1, -0.05) is 12.1 Å². The maximum atomic E-state index is 13.3. The fraction of sp³-hybridized carbons (Fsp3) is 0. The molecule has 102 valence electrons. The molecule has 1 aromatic rings. The minimum Gasteiger partial charge on any atom is -0.273 e. The van der Waals surface area contributed by atoms with Gasteiger partial charge in [0.25, 0.3) is 11.8 Å². The van der Waals surface area contributed by atoms with Crippen molar-refractivity contribution in [1.29, 1.82) is 0 Å². The van der Waals surface area contributed by atoms with Crippen LogP contribution in [0.1, 0.15) is 5.56 Å². The molecule has 2 rings (SSSR count). The summed E-state index contributed by atoms with van der Waals surface area (Å²) in [5.74, 6) is -3.30. The number of halogens is 2. The van der Waals surface area contributed by atoms with Gasteiger partial charge in [0.1, 0.15) is 17.2 Å². The number of carbonyl (C=O) groups is 3. The summed E-state index contributed by atoms with van der Waals surface area (Å²) in [4.78, 5) is 33.5. The molecule has 0 atom stereocenters. The number of imide groups is 2. The van der Waals surface area contributed by atoms with Crippen molar-refractivity contribution >= 4 is 23.9 Å². The van der Waals surface area contributed by atoms with Gasteiger partial charge in [-0.2, -0.15) is 0 Å². The second-order valence-electron chi connectivity index (χ2n) is 3.81. The van der Waals surface area contributed by atoms with Gasteiger partial charge in [-0.15, -0.1) is 0 Å². The van der Waals surface area contributed by atoms with Crippen molar-refractivity contribution in [2.24, 2.45) is 0 Å². The second kappa shape index (κ2) is 5.43. The molecule has 0 saturated carbocycles. The van der Waals surface area contributed by atoms with E-state index in [2.05, 4.69) is 0 Å². The molecule has 0 radical (unpaired) electrons. The number of urea groups is 1. The lowest BCUT2D eigenvalue weighted by Gasteiger charge is -2.12. The zero-order chi connectivity index (χ0) is 14.7. The van der Waals surface area contributed by atoms with Crippen LogP contribution in [0.5, 0.6) is 0 Å². The number of rotatable bonds is 2. The van der Waals surface area contributed by atoms with Crippen molar-refractivity contribution in [2.75, 3.05) is 0 Å². The molecule has 5 nitrogen and oxygen atoms in total. The minimum atomic E-state index is -0.915. The van der Waals surface area contributed by atoms with E-state index in [1.165, 1.54) is 6.07 Å². The zero-order valence-corrected chi connectivity index (χ0v) is 9.94. The third-order valence-electron chi connectivity index (χ3n) is 2.47. The molecular weight excluding hydrogens is 270 g/mol. The smallest absolute Gasteiger partial charge is 0.273 e. The van der Waals surface area contributed by atoms with Crippen LogP contribution >= 0.6 is 0 Å². The predicted molar refractivity (Wildman–Crippen MR) is 65.2 cm³/mol. The average Bonchev–Trinajstić information content (AvgIpc) is 2.35. The summed E-state index contributed by atoms with van der Waals surface area (Å²) >= 11 is 0. The third kappa shape index (κ3) is 2.77. The average molecular weight is 278 g/mol. The normalized spacial score (nSPS) is 15.3. The molecule has 7 heteroatoms. The first-order valence-electron chi connectivity index (χ1n) is 5.48. The van der Waals surface area contributed by atoms with Gasteiger partial charge in [-0.3, -0.25) is 20.2 Å². The highest BCUT2D eigenvalue weighted by Gasteiger charge is 2.26. The van der Waals surface area contributed by atoms with Crippen LogP contribution in [0.2, 0.25) is 0 Å². The van der Waals surface area contributed by atoms with Gasteiger partial charge in [-0.05, 0) is 24.3 Å². The highest BCUT2D eigenvalue weighted by molar-refractivity contribution is 6.29. The standard InChI is InChI=1S/C13H8F2N2O3/c14-9-5-2-6-10(15)7(9)3-1-4-8-11(18)16-13(20)17-12(8)19/h1-6H,(H2,16,17,18,19,20)/b3-1+. The molecule has 0 bridgehead atoms. The van der Waals surface area contributed by atoms with Crippen molar-refractivity contribution in [3.63, 3.8) is 0 Å². The number of benzene rings is 1. The number of amides is 4.